The minimum Gasteiger partial charge on any atom is -0.494 e. The Balaban J connectivity index is 2.14. The molecule has 1 aromatic heterocycles. The predicted octanol–water partition coefficient (Wildman–Crippen LogP) is 2.29. The van der Waals surface area contributed by atoms with E-state index in [1.807, 2.05) is 0 Å². The van der Waals surface area contributed by atoms with Gasteiger partial charge in [0.15, 0.2) is 5.82 Å². The quantitative estimate of drug-likeness (QED) is 0.568. The van der Waals surface area contributed by atoms with Crippen LogP contribution in [0.5, 0.6) is 11.5 Å². The van der Waals surface area contributed by atoms with Crippen LogP contribution in [0.3, 0.4) is 0 Å². The molecule has 6 heteroatoms. The summed E-state index contributed by atoms with van der Waals surface area (Å²) in [6.07, 6.45) is 0. The molecule has 0 saturated heterocycles. The zero-order chi connectivity index (χ0) is 16.1. The molecule has 0 aliphatic carbocycles. The average Bonchev–Trinajstić information content (AvgIpc) is 3.00. The number of ether oxygens (including phenoxy) is 2. The molecular weight excluding hydrogens is 296 g/mol. The molecule has 0 fully saturated rings. The molecule has 1 aliphatic heterocycles. The Bertz CT molecular complexity index is 988. The molecule has 0 N–H and O–H groups in total. The van der Waals surface area contributed by atoms with Crippen molar-refractivity contribution in [1.29, 1.82) is 0 Å². The van der Waals surface area contributed by atoms with Crippen LogP contribution in [0.25, 0.3) is 11.0 Å². The van der Waals surface area contributed by atoms with Gasteiger partial charge in [-0.15, -0.1) is 0 Å². The van der Waals surface area contributed by atoms with Crippen molar-refractivity contribution in [3.8, 4) is 11.5 Å². The standard InChI is InChI=1S/C17H12N2O4/c1-22-11-7-8-12(23-2)14-13(11)18-16-15(20)9-5-3-4-6-10(9)17(21)19(14)16/h3-8H,1-2H3. The third kappa shape index (κ3) is 1.66. The number of methoxy groups -OCH3 is 2. The fourth-order valence-electron chi connectivity index (χ4n) is 2.92. The van der Waals surface area contributed by atoms with Crippen LogP contribution in [0.2, 0.25) is 0 Å². The highest BCUT2D eigenvalue weighted by Crippen LogP contribution is 2.36. The maximum atomic E-state index is 12.9. The van der Waals surface area contributed by atoms with Gasteiger partial charge in [0.2, 0.25) is 5.78 Å². The number of rotatable bonds is 2. The second kappa shape index (κ2) is 4.67. The average molecular weight is 308 g/mol. The van der Waals surface area contributed by atoms with Crippen molar-refractivity contribution in [2.45, 2.75) is 0 Å². The summed E-state index contributed by atoms with van der Waals surface area (Å²) < 4.78 is 11.9. The van der Waals surface area contributed by atoms with Crippen LogP contribution in [0.15, 0.2) is 36.4 Å². The summed E-state index contributed by atoms with van der Waals surface area (Å²) in [5.74, 6) is 0.420. The first-order valence-electron chi connectivity index (χ1n) is 6.99. The first-order valence-corrected chi connectivity index (χ1v) is 6.99. The van der Waals surface area contributed by atoms with E-state index in [4.69, 9.17) is 9.47 Å². The highest BCUT2D eigenvalue weighted by Gasteiger charge is 2.34. The van der Waals surface area contributed by atoms with Crippen molar-refractivity contribution < 1.29 is 19.1 Å². The first kappa shape index (κ1) is 13.5. The zero-order valence-corrected chi connectivity index (χ0v) is 12.5. The van der Waals surface area contributed by atoms with Gasteiger partial charge in [0.05, 0.1) is 19.8 Å². The molecule has 23 heavy (non-hydrogen) atoms. The summed E-state index contributed by atoms with van der Waals surface area (Å²) >= 11 is 0. The van der Waals surface area contributed by atoms with E-state index in [0.29, 0.717) is 33.7 Å². The van der Waals surface area contributed by atoms with Gasteiger partial charge in [-0.1, -0.05) is 18.2 Å². The van der Waals surface area contributed by atoms with E-state index in [2.05, 4.69) is 4.98 Å². The van der Waals surface area contributed by atoms with Gasteiger partial charge in [0.25, 0.3) is 5.91 Å². The molecule has 0 bridgehead atoms. The molecule has 114 valence electrons. The fourth-order valence-corrected chi connectivity index (χ4v) is 2.92. The zero-order valence-electron chi connectivity index (χ0n) is 12.5. The molecule has 0 amide bonds. The number of imidazole rings is 1. The number of carbonyl (C=O) groups is 2. The number of aromatic nitrogens is 2. The van der Waals surface area contributed by atoms with Crippen molar-refractivity contribution in [2.24, 2.45) is 0 Å². The summed E-state index contributed by atoms with van der Waals surface area (Å²) in [6, 6.07) is 10.1. The van der Waals surface area contributed by atoms with Gasteiger partial charge in [-0.3, -0.25) is 14.2 Å². The molecule has 4 rings (SSSR count). The fraction of sp³-hybridized carbons (Fsp3) is 0.118. The van der Waals surface area contributed by atoms with E-state index < -0.39 is 0 Å². The molecule has 2 aromatic carbocycles. The highest BCUT2D eigenvalue weighted by atomic mass is 16.5. The first-order chi connectivity index (χ1) is 11.2. The number of fused-ring (bicyclic) bond motifs is 4. The lowest BCUT2D eigenvalue weighted by Crippen LogP contribution is -2.27. The van der Waals surface area contributed by atoms with E-state index in [0.717, 1.165) is 0 Å². The Hall–Kier alpha value is -3.15. The van der Waals surface area contributed by atoms with E-state index in [1.165, 1.54) is 18.8 Å². The second-order valence-corrected chi connectivity index (χ2v) is 5.12. The maximum absolute atomic E-state index is 12.9. The van der Waals surface area contributed by atoms with Crippen LogP contribution in [-0.4, -0.2) is 35.5 Å². The summed E-state index contributed by atoms with van der Waals surface area (Å²) in [4.78, 5) is 29.9. The molecule has 6 nitrogen and oxygen atoms in total. The molecule has 1 aliphatic rings. The largest absolute Gasteiger partial charge is 0.494 e. The topological polar surface area (TPSA) is 70.4 Å². The highest BCUT2D eigenvalue weighted by molar-refractivity contribution is 6.22. The second-order valence-electron chi connectivity index (χ2n) is 5.12. The molecule has 0 unspecified atom stereocenters. The third-order valence-corrected chi connectivity index (χ3v) is 3.98. The number of hydrogen-bond acceptors (Lipinski definition) is 5. The lowest BCUT2D eigenvalue weighted by molar-refractivity contribution is 0.0911. The van der Waals surface area contributed by atoms with Crippen molar-refractivity contribution in [3.63, 3.8) is 0 Å². The lowest BCUT2D eigenvalue weighted by Gasteiger charge is -2.16. The Morgan fingerprint density at radius 1 is 0.913 bits per heavy atom. The Morgan fingerprint density at radius 2 is 1.57 bits per heavy atom. The number of carbonyl (C=O) groups excluding carboxylic acids is 2. The minimum atomic E-state index is -0.302. The van der Waals surface area contributed by atoms with Crippen molar-refractivity contribution >= 4 is 22.7 Å². The van der Waals surface area contributed by atoms with Crippen molar-refractivity contribution in [3.05, 3.63) is 53.3 Å². The van der Waals surface area contributed by atoms with Gasteiger partial charge < -0.3 is 9.47 Å². The molecular formula is C17H12N2O4. The lowest BCUT2D eigenvalue weighted by atomic mass is 9.99. The Labute approximate surface area is 131 Å². The molecule has 0 saturated carbocycles. The van der Waals surface area contributed by atoms with Gasteiger partial charge in [-0.05, 0) is 18.2 Å². The maximum Gasteiger partial charge on any atom is 0.265 e. The Kier molecular flexibility index (Phi) is 2.74. The van der Waals surface area contributed by atoms with Gasteiger partial charge in [0.1, 0.15) is 22.5 Å². The summed E-state index contributed by atoms with van der Waals surface area (Å²) in [7, 11) is 3.02. The normalized spacial score (nSPS) is 13.0. The third-order valence-electron chi connectivity index (χ3n) is 3.98. The van der Waals surface area contributed by atoms with Crippen LogP contribution in [-0.2, 0) is 0 Å². The van der Waals surface area contributed by atoms with E-state index in [-0.39, 0.29) is 17.5 Å². The number of nitrogens with zero attached hydrogens (tertiary/aromatic N) is 2. The van der Waals surface area contributed by atoms with E-state index >= 15 is 0 Å². The SMILES string of the molecule is COc1ccc(OC)c2c1nc1n2C(=O)c2ccccc2C1=O. The van der Waals surface area contributed by atoms with Gasteiger partial charge in [-0.2, -0.15) is 0 Å². The van der Waals surface area contributed by atoms with Crippen molar-refractivity contribution in [1.82, 2.24) is 9.55 Å². The molecule has 0 atom stereocenters. The van der Waals surface area contributed by atoms with E-state index in [9.17, 15) is 9.59 Å². The summed E-state index contributed by atoms with van der Waals surface area (Å²) in [5, 5.41) is 0. The molecule has 0 radical (unpaired) electrons. The predicted molar refractivity (Wildman–Crippen MR) is 82.4 cm³/mol. The summed E-state index contributed by atoms with van der Waals surface area (Å²) in [5.41, 5.74) is 1.58. The minimum absolute atomic E-state index is 0.0755. The van der Waals surface area contributed by atoms with Gasteiger partial charge in [-0.25, -0.2) is 4.98 Å². The van der Waals surface area contributed by atoms with Crippen LogP contribution in [0.1, 0.15) is 26.5 Å². The van der Waals surface area contributed by atoms with Crippen LogP contribution < -0.4 is 9.47 Å². The van der Waals surface area contributed by atoms with E-state index in [1.54, 1.807) is 36.4 Å². The molecule has 2 heterocycles. The van der Waals surface area contributed by atoms with Gasteiger partial charge in [0, 0.05) is 5.56 Å². The summed E-state index contributed by atoms with van der Waals surface area (Å²) in [6.45, 7) is 0. The Morgan fingerprint density at radius 3 is 2.26 bits per heavy atom. The van der Waals surface area contributed by atoms with Gasteiger partial charge >= 0.3 is 0 Å². The number of benzene rings is 2. The van der Waals surface area contributed by atoms with Crippen LogP contribution in [0, 0.1) is 0 Å². The van der Waals surface area contributed by atoms with Crippen LogP contribution in [0.4, 0.5) is 0 Å². The van der Waals surface area contributed by atoms with Crippen LogP contribution >= 0.6 is 0 Å². The number of ketones is 1. The number of hydrogen-bond donors (Lipinski definition) is 0. The molecule has 3 aromatic rings. The van der Waals surface area contributed by atoms with Crippen molar-refractivity contribution in [2.75, 3.05) is 14.2 Å². The monoisotopic (exact) mass is 308 g/mol. The molecule has 0 spiro atoms. The smallest absolute Gasteiger partial charge is 0.265 e.